The summed E-state index contributed by atoms with van der Waals surface area (Å²) in [6.45, 7) is 3.20. The molecule has 0 radical (unpaired) electrons. The zero-order valence-electron chi connectivity index (χ0n) is 8.03. The number of aromatic nitrogens is 3. The van der Waals surface area contributed by atoms with E-state index in [0.29, 0.717) is 18.8 Å². The molecule has 0 unspecified atom stereocenters. The van der Waals surface area contributed by atoms with Crippen molar-refractivity contribution in [2.75, 3.05) is 5.88 Å². The van der Waals surface area contributed by atoms with E-state index in [1.807, 2.05) is 11.5 Å². The molecule has 0 aliphatic rings. The molecule has 0 saturated heterocycles. The number of hydrogen-bond donors (Lipinski definition) is 1. The Morgan fingerprint density at radius 3 is 3.14 bits per heavy atom. The first kappa shape index (κ1) is 11.0. The number of amides is 1. The monoisotopic (exact) mass is 216 g/mol. The van der Waals surface area contributed by atoms with E-state index in [9.17, 15) is 4.79 Å². The number of carbonyl (C=O) groups excluding carboxylic acids is 1. The number of carbonyl (C=O) groups is 1. The summed E-state index contributed by atoms with van der Waals surface area (Å²) in [5.41, 5.74) is 0. The van der Waals surface area contributed by atoms with Crippen LogP contribution in [0.5, 0.6) is 0 Å². The Kier molecular flexibility index (Phi) is 4.39. The fraction of sp³-hybridized carbons (Fsp3) is 0.625. The van der Waals surface area contributed by atoms with Gasteiger partial charge in [0.05, 0.1) is 6.54 Å². The molecule has 0 aliphatic carbocycles. The lowest BCUT2D eigenvalue weighted by atomic mass is 10.4. The maximum Gasteiger partial charge on any atom is 0.221 e. The molecule has 1 aromatic heterocycles. The third-order valence-electron chi connectivity index (χ3n) is 1.80. The van der Waals surface area contributed by atoms with E-state index in [4.69, 9.17) is 11.6 Å². The quantitative estimate of drug-likeness (QED) is 0.731. The Bertz CT molecular complexity index is 299. The third kappa shape index (κ3) is 2.99. The van der Waals surface area contributed by atoms with E-state index >= 15 is 0 Å². The molecule has 0 saturated carbocycles. The van der Waals surface area contributed by atoms with Gasteiger partial charge in [-0.25, -0.2) is 0 Å². The van der Waals surface area contributed by atoms with Crippen molar-refractivity contribution in [3.05, 3.63) is 12.2 Å². The first-order valence-electron chi connectivity index (χ1n) is 4.47. The van der Waals surface area contributed by atoms with E-state index in [-0.39, 0.29) is 5.91 Å². The standard InChI is InChI=1S/C8H13ClN4O/c1-2-13-6-11-12-7(13)5-10-8(14)3-4-9/h6H,2-5H2,1H3,(H,10,14). The second-order valence-corrected chi connectivity index (χ2v) is 3.13. The van der Waals surface area contributed by atoms with Gasteiger partial charge in [0, 0.05) is 18.8 Å². The molecule has 0 aromatic carbocycles. The molecular formula is C8H13ClN4O. The number of nitrogens with zero attached hydrogens (tertiary/aromatic N) is 3. The average molecular weight is 217 g/mol. The van der Waals surface area contributed by atoms with Crippen LogP contribution in [-0.4, -0.2) is 26.6 Å². The molecule has 1 heterocycles. The van der Waals surface area contributed by atoms with Gasteiger partial charge in [-0.1, -0.05) is 0 Å². The summed E-state index contributed by atoms with van der Waals surface area (Å²) in [5.74, 6) is 1.04. The summed E-state index contributed by atoms with van der Waals surface area (Å²) in [6.07, 6.45) is 1.98. The largest absolute Gasteiger partial charge is 0.349 e. The highest BCUT2D eigenvalue weighted by molar-refractivity contribution is 6.18. The van der Waals surface area contributed by atoms with Crippen molar-refractivity contribution in [3.8, 4) is 0 Å². The number of halogens is 1. The summed E-state index contributed by atoms with van der Waals surface area (Å²) in [7, 11) is 0. The van der Waals surface area contributed by atoms with Crippen LogP contribution < -0.4 is 5.32 Å². The van der Waals surface area contributed by atoms with Crippen molar-refractivity contribution >= 4 is 17.5 Å². The minimum atomic E-state index is -0.0642. The summed E-state index contributed by atoms with van der Waals surface area (Å²) in [6, 6.07) is 0. The number of rotatable bonds is 5. The molecule has 0 bridgehead atoms. The zero-order chi connectivity index (χ0) is 10.4. The Morgan fingerprint density at radius 2 is 2.50 bits per heavy atom. The number of alkyl halides is 1. The van der Waals surface area contributed by atoms with Gasteiger partial charge in [-0.3, -0.25) is 4.79 Å². The van der Waals surface area contributed by atoms with Crippen LogP contribution in [0.2, 0.25) is 0 Å². The highest BCUT2D eigenvalue weighted by Gasteiger charge is 2.04. The normalized spacial score (nSPS) is 10.1. The van der Waals surface area contributed by atoms with Crippen LogP contribution in [0, 0.1) is 0 Å². The molecule has 14 heavy (non-hydrogen) atoms. The predicted octanol–water partition coefficient (Wildman–Crippen LogP) is 0.543. The molecule has 78 valence electrons. The highest BCUT2D eigenvalue weighted by Crippen LogP contribution is 1.94. The van der Waals surface area contributed by atoms with Gasteiger partial charge < -0.3 is 9.88 Å². The van der Waals surface area contributed by atoms with Gasteiger partial charge in [0.25, 0.3) is 0 Å². The van der Waals surface area contributed by atoms with Gasteiger partial charge in [-0.2, -0.15) is 0 Å². The van der Waals surface area contributed by atoms with Crippen LogP contribution in [0.25, 0.3) is 0 Å². The van der Waals surface area contributed by atoms with Crippen LogP contribution in [-0.2, 0) is 17.9 Å². The first-order valence-corrected chi connectivity index (χ1v) is 5.00. The number of nitrogens with one attached hydrogen (secondary N) is 1. The van der Waals surface area contributed by atoms with E-state index in [1.165, 1.54) is 0 Å². The molecule has 1 N–H and O–H groups in total. The minimum Gasteiger partial charge on any atom is -0.349 e. The fourth-order valence-electron chi connectivity index (χ4n) is 1.03. The first-order chi connectivity index (χ1) is 6.77. The molecule has 0 spiro atoms. The van der Waals surface area contributed by atoms with Crippen LogP contribution in [0.4, 0.5) is 0 Å². The van der Waals surface area contributed by atoms with E-state index < -0.39 is 0 Å². The van der Waals surface area contributed by atoms with Crippen LogP contribution in [0.1, 0.15) is 19.2 Å². The zero-order valence-corrected chi connectivity index (χ0v) is 8.79. The van der Waals surface area contributed by atoms with Crippen molar-refractivity contribution in [3.63, 3.8) is 0 Å². The molecule has 1 aromatic rings. The van der Waals surface area contributed by atoms with Gasteiger partial charge in [0.15, 0.2) is 5.82 Å². The van der Waals surface area contributed by atoms with Crippen molar-refractivity contribution in [1.82, 2.24) is 20.1 Å². The lowest BCUT2D eigenvalue weighted by Gasteiger charge is -2.04. The lowest BCUT2D eigenvalue weighted by Crippen LogP contribution is -2.24. The molecule has 1 rings (SSSR count). The van der Waals surface area contributed by atoms with E-state index in [1.54, 1.807) is 6.33 Å². The van der Waals surface area contributed by atoms with Crippen molar-refractivity contribution in [1.29, 1.82) is 0 Å². The lowest BCUT2D eigenvalue weighted by molar-refractivity contribution is -0.120. The van der Waals surface area contributed by atoms with Crippen LogP contribution in [0.15, 0.2) is 6.33 Å². The molecule has 5 nitrogen and oxygen atoms in total. The molecule has 0 fully saturated rings. The molecule has 0 atom stereocenters. The highest BCUT2D eigenvalue weighted by atomic mass is 35.5. The minimum absolute atomic E-state index is 0.0642. The third-order valence-corrected chi connectivity index (χ3v) is 1.99. The van der Waals surface area contributed by atoms with Crippen molar-refractivity contribution < 1.29 is 4.79 Å². The predicted molar refractivity (Wildman–Crippen MR) is 52.9 cm³/mol. The van der Waals surface area contributed by atoms with Crippen molar-refractivity contribution in [2.24, 2.45) is 0 Å². The Morgan fingerprint density at radius 1 is 1.71 bits per heavy atom. The summed E-state index contributed by atoms with van der Waals surface area (Å²) < 4.78 is 1.88. The summed E-state index contributed by atoms with van der Waals surface area (Å²) in [4.78, 5) is 11.1. The maximum atomic E-state index is 11.1. The molecule has 1 amide bonds. The Balaban J connectivity index is 2.41. The van der Waals surface area contributed by atoms with E-state index in [2.05, 4.69) is 15.5 Å². The molecular weight excluding hydrogens is 204 g/mol. The van der Waals surface area contributed by atoms with E-state index in [0.717, 1.165) is 12.4 Å². The smallest absolute Gasteiger partial charge is 0.221 e. The number of hydrogen-bond acceptors (Lipinski definition) is 3. The van der Waals surface area contributed by atoms with Gasteiger partial charge in [-0.15, -0.1) is 21.8 Å². The Hall–Kier alpha value is -1.10. The SMILES string of the molecule is CCn1cnnc1CNC(=O)CCCl. The molecule has 6 heteroatoms. The summed E-state index contributed by atoms with van der Waals surface area (Å²) >= 11 is 5.42. The number of aryl methyl sites for hydroxylation is 1. The fourth-order valence-corrected chi connectivity index (χ4v) is 1.20. The van der Waals surface area contributed by atoms with Gasteiger partial charge in [0.1, 0.15) is 6.33 Å². The maximum absolute atomic E-state index is 11.1. The van der Waals surface area contributed by atoms with Crippen LogP contribution in [0.3, 0.4) is 0 Å². The molecule has 0 aliphatic heterocycles. The van der Waals surface area contributed by atoms with Gasteiger partial charge in [-0.05, 0) is 6.92 Å². The topological polar surface area (TPSA) is 59.8 Å². The van der Waals surface area contributed by atoms with Gasteiger partial charge in [0.2, 0.25) is 5.91 Å². The second kappa shape index (κ2) is 5.59. The summed E-state index contributed by atoms with van der Waals surface area (Å²) in [5, 5.41) is 10.4. The van der Waals surface area contributed by atoms with Crippen molar-refractivity contribution in [2.45, 2.75) is 26.4 Å². The average Bonchev–Trinajstić information content (AvgIpc) is 2.62. The second-order valence-electron chi connectivity index (χ2n) is 2.75. The van der Waals surface area contributed by atoms with Gasteiger partial charge >= 0.3 is 0 Å². The Labute approximate surface area is 87.5 Å². The van der Waals surface area contributed by atoms with Crippen LogP contribution >= 0.6 is 11.6 Å².